The molecule has 0 radical (unpaired) electrons. The molecule has 3 aromatic rings. The number of carbonyl (C=O) groups excluding carboxylic acids is 1. The summed E-state index contributed by atoms with van der Waals surface area (Å²) in [6.45, 7) is 7.70. The molecule has 1 amide bonds. The van der Waals surface area contributed by atoms with Gasteiger partial charge < -0.3 is 9.73 Å². The van der Waals surface area contributed by atoms with E-state index < -0.39 is 5.25 Å². The number of nitrogens with one attached hydrogen (secondary N) is 1. The number of rotatable bonds is 6. The summed E-state index contributed by atoms with van der Waals surface area (Å²) in [5.74, 6) is -0.0344. The number of carbonyl (C=O) groups is 1. The fourth-order valence-corrected chi connectivity index (χ4v) is 3.31. The number of benzene rings is 2. The van der Waals surface area contributed by atoms with Gasteiger partial charge in [-0.3, -0.25) is 4.79 Å². The Morgan fingerprint density at radius 1 is 1.07 bits per heavy atom. The fourth-order valence-electron chi connectivity index (χ4n) is 2.62. The summed E-state index contributed by atoms with van der Waals surface area (Å²) in [5.41, 5.74) is 4.03. The Labute approximate surface area is 167 Å². The van der Waals surface area contributed by atoms with Crippen LogP contribution in [0.5, 0.6) is 0 Å². The minimum Gasteiger partial charge on any atom is -0.411 e. The summed E-state index contributed by atoms with van der Waals surface area (Å²) in [7, 11) is 0. The second-order valence-corrected chi connectivity index (χ2v) is 8.01. The second kappa shape index (κ2) is 8.56. The van der Waals surface area contributed by atoms with Crippen LogP contribution in [-0.4, -0.2) is 21.4 Å². The van der Waals surface area contributed by atoms with Crippen molar-refractivity contribution in [3.05, 3.63) is 65.0 Å². The second-order valence-electron chi connectivity index (χ2n) is 6.71. The molecule has 1 aromatic heterocycles. The lowest BCUT2D eigenvalue weighted by Crippen LogP contribution is -2.33. The topological polar surface area (TPSA) is 68.0 Å². The number of aromatic nitrogens is 2. The number of halogens is 1. The van der Waals surface area contributed by atoms with E-state index in [-0.39, 0.29) is 17.8 Å². The third-order valence-corrected chi connectivity index (χ3v) is 5.47. The molecule has 0 spiro atoms. The van der Waals surface area contributed by atoms with Gasteiger partial charge in [-0.2, -0.15) is 0 Å². The van der Waals surface area contributed by atoms with Crippen LogP contribution < -0.4 is 5.32 Å². The van der Waals surface area contributed by atoms with E-state index in [2.05, 4.69) is 15.5 Å². The molecule has 2 aromatic carbocycles. The van der Waals surface area contributed by atoms with Crippen LogP contribution in [0.1, 0.15) is 36.6 Å². The van der Waals surface area contributed by atoms with Crippen LogP contribution in [0.25, 0.3) is 11.5 Å². The first-order chi connectivity index (χ1) is 13.3. The van der Waals surface area contributed by atoms with E-state index in [1.807, 2.05) is 39.0 Å². The number of hydrogen-bond donors (Lipinski definition) is 1. The molecule has 0 saturated heterocycles. The Hall–Kier alpha value is -2.67. The quantitative estimate of drug-likeness (QED) is 0.600. The van der Waals surface area contributed by atoms with Crippen LogP contribution in [0, 0.1) is 19.7 Å². The van der Waals surface area contributed by atoms with Gasteiger partial charge in [0.15, 0.2) is 0 Å². The zero-order valence-corrected chi connectivity index (χ0v) is 17.0. The molecule has 0 bridgehead atoms. The molecular weight excluding hydrogens is 377 g/mol. The number of thioether (sulfide) groups is 1. The van der Waals surface area contributed by atoms with E-state index in [0.717, 1.165) is 16.7 Å². The highest BCUT2D eigenvalue weighted by Gasteiger charge is 2.20. The van der Waals surface area contributed by atoms with Crippen molar-refractivity contribution in [2.24, 2.45) is 0 Å². The molecule has 0 fully saturated rings. The Balaban J connectivity index is 1.61. The SMILES string of the molecule is Cc1ccc(-c2nnc(S[C@H](C)C(=O)N[C@@H](C)c3ccc(F)cc3)o2)cc1C. The first kappa shape index (κ1) is 20.1. The minimum absolute atomic E-state index is 0.159. The maximum absolute atomic E-state index is 13.0. The largest absolute Gasteiger partial charge is 0.411 e. The Kier molecular flexibility index (Phi) is 6.14. The molecule has 3 rings (SSSR count). The Bertz CT molecular complexity index is 972. The van der Waals surface area contributed by atoms with Crippen molar-refractivity contribution in [3.63, 3.8) is 0 Å². The molecule has 0 saturated carbocycles. The van der Waals surface area contributed by atoms with Gasteiger partial charge in [0, 0.05) is 5.56 Å². The number of aryl methyl sites for hydroxylation is 2. The van der Waals surface area contributed by atoms with Crippen LogP contribution in [0.4, 0.5) is 4.39 Å². The lowest BCUT2D eigenvalue weighted by atomic mass is 10.1. The van der Waals surface area contributed by atoms with Crippen LogP contribution in [0.15, 0.2) is 52.1 Å². The normalized spacial score (nSPS) is 13.2. The van der Waals surface area contributed by atoms with E-state index in [4.69, 9.17) is 4.42 Å². The minimum atomic E-state index is -0.420. The van der Waals surface area contributed by atoms with Crippen LogP contribution in [-0.2, 0) is 4.79 Å². The summed E-state index contributed by atoms with van der Waals surface area (Å²) < 4.78 is 18.7. The first-order valence-electron chi connectivity index (χ1n) is 8.97. The van der Waals surface area contributed by atoms with E-state index in [0.29, 0.717) is 11.1 Å². The summed E-state index contributed by atoms with van der Waals surface area (Å²) in [4.78, 5) is 12.5. The van der Waals surface area contributed by atoms with Crippen LogP contribution >= 0.6 is 11.8 Å². The molecule has 0 aliphatic heterocycles. The summed E-state index contributed by atoms with van der Waals surface area (Å²) in [5, 5.41) is 11.0. The standard InChI is InChI=1S/C21H22FN3O2S/c1-12-5-6-17(11-13(12)2)20-24-25-21(27-20)28-15(4)19(26)23-14(3)16-7-9-18(22)10-8-16/h5-11,14-15H,1-4H3,(H,23,26)/t14-,15+/m0/s1. The van der Waals surface area contributed by atoms with Gasteiger partial charge in [-0.25, -0.2) is 4.39 Å². The average molecular weight is 399 g/mol. The molecule has 0 aliphatic rings. The van der Waals surface area contributed by atoms with E-state index in [1.54, 1.807) is 19.1 Å². The maximum Gasteiger partial charge on any atom is 0.277 e. The van der Waals surface area contributed by atoms with Gasteiger partial charge in [-0.1, -0.05) is 30.0 Å². The number of nitrogens with zero attached hydrogens (tertiary/aromatic N) is 2. The lowest BCUT2D eigenvalue weighted by Gasteiger charge is -2.16. The molecular formula is C21H22FN3O2S. The molecule has 1 N–H and O–H groups in total. The van der Waals surface area contributed by atoms with Crippen molar-refractivity contribution in [2.75, 3.05) is 0 Å². The predicted molar refractivity (Wildman–Crippen MR) is 107 cm³/mol. The number of amides is 1. The molecule has 1 heterocycles. The maximum atomic E-state index is 13.0. The highest BCUT2D eigenvalue weighted by atomic mass is 32.2. The van der Waals surface area contributed by atoms with E-state index >= 15 is 0 Å². The van der Waals surface area contributed by atoms with Gasteiger partial charge in [0.25, 0.3) is 5.22 Å². The molecule has 28 heavy (non-hydrogen) atoms. The van der Waals surface area contributed by atoms with Gasteiger partial charge in [0.2, 0.25) is 11.8 Å². The first-order valence-corrected chi connectivity index (χ1v) is 9.85. The van der Waals surface area contributed by atoms with Crippen molar-refractivity contribution in [1.82, 2.24) is 15.5 Å². The zero-order chi connectivity index (χ0) is 20.3. The Morgan fingerprint density at radius 3 is 2.46 bits per heavy atom. The Morgan fingerprint density at radius 2 is 1.79 bits per heavy atom. The van der Waals surface area contributed by atoms with E-state index in [1.165, 1.54) is 29.5 Å². The van der Waals surface area contributed by atoms with Gasteiger partial charge in [-0.15, -0.1) is 10.2 Å². The average Bonchev–Trinajstić information content (AvgIpc) is 3.12. The van der Waals surface area contributed by atoms with Crippen LogP contribution in [0.2, 0.25) is 0 Å². The lowest BCUT2D eigenvalue weighted by molar-refractivity contribution is -0.120. The molecule has 0 aliphatic carbocycles. The molecule has 5 nitrogen and oxygen atoms in total. The van der Waals surface area contributed by atoms with Gasteiger partial charge in [-0.05, 0) is 68.7 Å². The van der Waals surface area contributed by atoms with E-state index in [9.17, 15) is 9.18 Å². The molecule has 0 unspecified atom stereocenters. The van der Waals surface area contributed by atoms with Crippen molar-refractivity contribution in [2.45, 2.75) is 44.2 Å². The molecule has 146 valence electrons. The summed E-state index contributed by atoms with van der Waals surface area (Å²) >= 11 is 1.20. The van der Waals surface area contributed by atoms with Crippen LogP contribution in [0.3, 0.4) is 0 Å². The predicted octanol–water partition coefficient (Wildman–Crippen LogP) is 4.85. The third kappa shape index (κ3) is 4.78. The van der Waals surface area contributed by atoms with Crippen molar-refractivity contribution >= 4 is 17.7 Å². The van der Waals surface area contributed by atoms with Gasteiger partial charge in [0.1, 0.15) is 5.82 Å². The van der Waals surface area contributed by atoms with Gasteiger partial charge >= 0.3 is 0 Å². The summed E-state index contributed by atoms with van der Waals surface area (Å²) in [6.07, 6.45) is 0. The smallest absolute Gasteiger partial charge is 0.277 e. The van der Waals surface area contributed by atoms with Crippen molar-refractivity contribution in [3.8, 4) is 11.5 Å². The fraction of sp³-hybridized carbons (Fsp3) is 0.286. The monoisotopic (exact) mass is 399 g/mol. The highest BCUT2D eigenvalue weighted by Crippen LogP contribution is 2.27. The molecule has 2 atom stereocenters. The van der Waals surface area contributed by atoms with Gasteiger partial charge in [0.05, 0.1) is 11.3 Å². The highest BCUT2D eigenvalue weighted by molar-refractivity contribution is 8.00. The summed E-state index contributed by atoms with van der Waals surface area (Å²) in [6, 6.07) is 11.8. The van der Waals surface area contributed by atoms with Crippen molar-refractivity contribution < 1.29 is 13.6 Å². The zero-order valence-electron chi connectivity index (χ0n) is 16.2. The van der Waals surface area contributed by atoms with Crippen molar-refractivity contribution in [1.29, 1.82) is 0 Å². The molecule has 7 heteroatoms. The third-order valence-electron chi connectivity index (χ3n) is 4.54. The number of hydrogen-bond acceptors (Lipinski definition) is 5.